The van der Waals surface area contributed by atoms with Gasteiger partial charge >= 0.3 is 0 Å². The number of likely N-dealkylation sites (N-methyl/N-ethyl adjacent to an activating group) is 1. The Morgan fingerprint density at radius 3 is 2.62 bits per heavy atom. The molecule has 0 bridgehead atoms. The second-order valence-corrected chi connectivity index (χ2v) is 10.6. The summed E-state index contributed by atoms with van der Waals surface area (Å²) >= 11 is 0. The number of amides is 1. The predicted molar refractivity (Wildman–Crippen MR) is 162 cm³/mol. The number of hydrogen-bond donors (Lipinski definition) is 1. The minimum absolute atomic E-state index is 0.236. The molecule has 1 aliphatic rings. The molecule has 212 valence electrons. The Kier molecular flexibility index (Phi) is 7.52. The smallest absolute Gasteiger partial charge is 0.267 e. The van der Waals surface area contributed by atoms with Gasteiger partial charge in [-0.1, -0.05) is 36.1 Å². The van der Waals surface area contributed by atoms with Crippen LogP contribution in [0.15, 0.2) is 71.8 Å². The molecule has 1 aliphatic heterocycles. The average molecular weight is 561 g/mol. The van der Waals surface area contributed by atoms with Crippen LogP contribution in [-0.2, 0) is 0 Å². The van der Waals surface area contributed by atoms with Crippen LogP contribution in [0.1, 0.15) is 40.4 Å². The maximum absolute atomic E-state index is 14.2. The first-order valence-electron chi connectivity index (χ1n) is 14.0. The number of carbonyl (C=O) groups is 1. The molecule has 42 heavy (non-hydrogen) atoms. The Bertz CT molecular complexity index is 1890. The highest BCUT2D eigenvalue weighted by molar-refractivity contribution is 6.01. The van der Waals surface area contributed by atoms with Crippen LogP contribution in [0, 0.1) is 18.8 Å². The van der Waals surface area contributed by atoms with Crippen molar-refractivity contribution >= 4 is 22.5 Å². The molecule has 0 aliphatic carbocycles. The molecule has 6 rings (SSSR count). The van der Waals surface area contributed by atoms with Gasteiger partial charge in [-0.15, -0.1) is 0 Å². The van der Waals surface area contributed by atoms with Crippen LogP contribution in [0.5, 0.6) is 0 Å². The minimum atomic E-state index is -0.611. The largest absolute Gasteiger partial charge is 0.342 e. The van der Waals surface area contributed by atoms with Crippen molar-refractivity contribution in [1.82, 2.24) is 39.3 Å². The first kappa shape index (κ1) is 27.3. The van der Waals surface area contributed by atoms with E-state index in [9.17, 15) is 9.59 Å². The van der Waals surface area contributed by atoms with Gasteiger partial charge in [0.1, 0.15) is 11.4 Å². The van der Waals surface area contributed by atoms with E-state index in [1.165, 1.54) is 0 Å². The molecule has 1 unspecified atom stereocenters. The van der Waals surface area contributed by atoms with E-state index < -0.39 is 6.04 Å². The molecule has 0 saturated carbocycles. The van der Waals surface area contributed by atoms with Crippen LogP contribution in [0.3, 0.4) is 0 Å². The molecule has 4 heterocycles. The van der Waals surface area contributed by atoms with Crippen LogP contribution >= 0.6 is 0 Å². The standard InChI is InChI=1S/C32H32N8O2/c1-22-27(30-33-15-9-17-39(30)36-22)31(41)34-23(2)29-35-26-14-7-10-24(11-8-16-38-20-18-37(3)19-21-38)28(26)32(42)40(29)25-12-5-4-6-13-25/h4-7,9-10,12-15,17,23H,16,18-21H2,1-3H3,(H,34,41). The van der Waals surface area contributed by atoms with E-state index in [1.54, 1.807) is 34.5 Å². The molecule has 3 aromatic heterocycles. The Labute approximate surface area is 243 Å². The summed E-state index contributed by atoms with van der Waals surface area (Å²) in [5.74, 6) is 6.59. The molecule has 1 amide bonds. The molecular weight excluding hydrogens is 528 g/mol. The van der Waals surface area contributed by atoms with Crippen molar-refractivity contribution in [3.63, 3.8) is 0 Å². The topological polar surface area (TPSA) is 101 Å². The van der Waals surface area contributed by atoms with E-state index in [0.717, 1.165) is 26.2 Å². The van der Waals surface area contributed by atoms with Crippen molar-refractivity contribution in [2.45, 2.75) is 19.9 Å². The summed E-state index contributed by atoms with van der Waals surface area (Å²) in [5, 5.41) is 7.89. The number of fused-ring (bicyclic) bond motifs is 2. The van der Waals surface area contributed by atoms with Gasteiger partial charge in [0.25, 0.3) is 11.5 Å². The molecule has 1 N–H and O–H groups in total. The van der Waals surface area contributed by atoms with Gasteiger partial charge < -0.3 is 10.2 Å². The maximum atomic E-state index is 14.2. The van der Waals surface area contributed by atoms with Crippen LogP contribution in [-0.4, -0.2) is 79.6 Å². The molecule has 0 radical (unpaired) electrons. The lowest BCUT2D eigenvalue weighted by Crippen LogP contribution is -2.44. The summed E-state index contributed by atoms with van der Waals surface area (Å²) in [6.07, 6.45) is 3.37. The van der Waals surface area contributed by atoms with Crippen LogP contribution in [0.2, 0.25) is 0 Å². The summed E-state index contributed by atoms with van der Waals surface area (Å²) < 4.78 is 3.15. The fourth-order valence-electron chi connectivity index (χ4n) is 5.32. The predicted octanol–water partition coefficient (Wildman–Crippen LogP) is 2.83. The Morgan fingerprint density at radius 1 is 1.05 bits per heavy atom. The van der Waals surface area contributed by atoms with Crippen LogP contribution in [0.25, 0.3) is 22.2 Å². The Hall–Kier alpha value is -4.85. The third-order valence-corrected chi connectivity index (χ3v) is 7.59. The lowest BCUT2D eigenvalue weighted by atomic mass is 10.1. The average Bonchev–Trinajstić information content (AvgIpc) is 3.34. The SMILES string of the molecule is Cc1nn2cccnc2c1C(=O)NC(C)c1nc2cccc(C#CCN3CCN(C)CC3)c2c(=O)n1-c1ccccc1. The van der Waals surface area contributed by atoms with E-state index in [2.05, 4.69) is 44.1 Å². The quantitative estimate of drug-likeness (QED) is 0.330. The lowest BCUT2D eigenvalue weighted by Gasteiger charge is -2.30. The van der Waals surface area contributed by atoms with Crippen molar-refractivity contribution in [2.24, 2.45) is 0 Å². The summed E-state index contributed by atoms with van der Waals surface area (Å²) in [4.78, 5) is 41.6. The number of hydrogen-bond acceptors (Lipinski definition) is 7. The molecule has 5 aromatic rings. The highest BCUT2D eigenvalue weighted by atomic mass is 16.2. The molecule has 1 atom stereocenters. The summed E-state index contributed by atoms with van der Waals surface area (Å²) in [5.41, 5.74) is 3.00. The highest BCUT2D eigenvalue weighted by Gasteiger charge is 2.24. The fourth-order valence-corrected chi connectivity index (χ4v) is 5.32. The highest BCUT2D eigenvalue weighted by Crippen LogP contribution is 2.21. The van der Waals surface area contributed by atoms with Crippen LogP contribution in [0.4, 0.5) is 0 Å². The number of carbonyl (C=O) groups excluding carboxylic acids is 1. The number of nitrogens with zero attached hydrogens (tertiary/aromatic N) is 7. The zero-order valence-corrected chi connectivity index (χ0v) is 23.9. The Balaban J connectivity index is 1.39. The van der Waals surface area contributed by atoms with E-state index >= 15 is 0 Å². The normalized spacial score (nSPS) is 14.9. The number of para-hydroxylation sites is 1. The molecule has 10 heteroatoms. The molecule has 1 saturated heterocycles. The number of aromatic nitrogens is 5. The lowest BCUT2D eigenvalue weighted by molar-refractivity contribution is 0.0938. The number of aryl methyl sites for hydroxylation is 1. The zero-order chi connectivity index (χ0) is 29.2. The molecule has 1 fully saturated rings. The number of piperazine rings is 1. The summed E-state index contributed by atoms with van der Waals surface area (Å²) in [6.45, 7) is 8.22. The van der Waals surface area contributed by atoms with Crippen molar-refractivity contribution < 1.29 is 4.79 Å². The zero-order valence-electron chi connectivity index (χ0n) is 23.9. The first-order valence-corrected chi connectivity index (χ1v) is 14.0. The third kappa shape index (κ3) is 5.28. The van der Waals surface area contributed by atoms with Gasteiger partial charge in [-0.3, -0.25) is 19.1 Å². The molecule has 2 aromatic carbocycles. The maximum Gasteiger partial charge on any atom is 0.267 e. The summed E-state index contributed by atoms with van der Waals surface area (Å²) in [6, 6.07) is 16.0. The van der Waals surface area contributed by atoms with Gasteiger partial charge in [0.05, 0.1) is 34.9 Å². The molecule has 10 nitrogen and oxygen atoms in total. The first-order chi connectivity index (χ1) is 20.4. The van der Waals surface area contributed by atoms with Gasteiger partial charge in [0.15, 0.2) is 5.65 Å². The van der Waals surface area contributed by atoms with Crippen molar-refractivity contribution in [2.75, 3.05) is 39.8 Å². The second kappa shape index (κ2) is 11.6. The third-order valence-electron chi connectivity index (χ3n) is 7.59. The van der Waals surface area contributed by atoms with Gasteiger partial charge in [-0.2, -0.15) is 5.10 Å². The minimum Gasteiger partial charge on any atom is -0.342 e. The number of rotatable bonds is 5. The van der Waals surface area contributed by atoms with Crippen molar-refractivity contribution in [3.05, 3.63) is 100.0 Å². The van der Waals surface area contributed by atoms with E-state index in [-0.39, 0.29) is 11.5 Å². The second-order valence-electron chi connectivity index (χ2n) is 10.6. The number of nitrogens with one attached hydrogen (secondary N) is 1. The van der Waals surface area contributed by atoms with E-state index in [0.29, 0.717) is 51.4 Å². The fraction of sp³-hybridized carbons (Fsp3) is 0.281. The molecular formula is C32H32N8O2. The monoisotopic (exact) mass is 560 g/mol. The number of benzene rings is 2. The van der Waals surface area contributed by atoms with Gasteiger partial charge in [0.2, 0.25) is 0 Å². The van der Waals surface area contributed by atoms with Gasteiger partial charge in [-0.25, -0.2) is 14.5 Å². The van der Waals surface area contributed by atoms with E-state index in [1.807, 2.05) is 55.5 Å². The van der Waals surface area contributed by atoms with Gasteiger partial charge in [-0.05, 0) is 51.2 Å². The summed E-state index contributed by atoms with van der Waals surface area (Å²) in [7, 11) is 2.13. The van der Waals surface area contributed by atoms with E-state index in [4.69, 9.17) is 4.98 Å². The molecule has 0 spiro atoms. The van der Waals surface area contributed by atoms with Crippen molar-refractivity contribution in [1.29, 1.82) is 0 Å². The van der Waals surface area contributed by atoms with Crippen molar-refractivity contribution in [3.8, 4) is 17.5 Å². The van der Waals surface area contributed by atoms with Crippen LogP contribution < -0.4 is 10.9 Å². The Morgan fingerprint density at radius 2 is 1.83 bits per heavy atom. The van der Waals surface area contributed by atoms with Gasteiger partial charge in [0, 0.05) is 44.1 Å².